The first-order valence-electron chi connectivity index (χ1n) is 4.96. The van der Waals surface area contributed by atoms with Crippen molar-refractivity contribution in [2.24, 2.45) is 10.8 Å². The average Bonchev–Trinajstić information content (AvgIpc) is 2.27. The van der Waals surface area contributed by atoms with Crippen molar-refractivity contribution in [3.05, 3.63) is 11.3 Å². The molecule has 0 aromatic heterocycles. The predicted molar refractivity (Wildman–Crippen MR) is 57.1 cm³/mol. The quantitative estimate of drug-likeness (QED) is 0.601. The summed E-state index contributed by atoms with van der Waals surface area (Å²) in [6.45, 7) is 14.5. The van der Waals surface area contributed by atoms with E-state index < -0.39 is 0 Å². The second kappa shape index (κ2) is 3.02. The lowest BCUT2D eigenvalue weighted by molar-refractivity contribution is 0.435. The minimum absolute atomic E-state index is 0.214. The number of nitrogens with one attached hydrogen (secondary N) is 2. The van der Waals surface area contributed by atoms with Gasteiger partial charge in [0.2, 0.25) is 0 Å². The number of hydrogen-bond acceptors (Lipinski definition) is 2. The van der Waals surface area contributed by atoms with Crippen molar-refractivity contribution in [2.45, 2.75) is 41.5 Å². The highest BCUT2D eigenvalue weighted by Gasteiger charge is 2.30. The number of allylic oxidation sites excluding steroid dienone is 1. The van der Waals surface area contributed by atoms with Crippen LogP contribution < -0.4 is 10.9 Å². The van der Waals surface area contributed by atoms with Crippen molar-refractivity contribution in [1.82, 2.24) is 10.9 Å². The first-order chi connectivity index (χ1) is 5.73. The summed E-state index contributed by atoms with van der Waals surface area (Å²) in [4.78, 5) is 0. The maximum Gasteiger partial charge on any atom is 0.0384 e. The summed E-state index contributed by atoms with van der Waals surface area (Å²) in [6.07, 6.45) is 0. The maximum absolute atomic E-state index is 3.28. The van der Waals surface area contributed by atoms with E-state index in [0.29, 0.717) is 0 Å². The molecule has 0 fully saturated rings. The monoisotopic (exact) mass is 182 g/mol. The average molecular weight is 182 g/mol. The van der Waals surface area contributed by atoms with Crippen molar-refractivity contribution in [3.8, 4) is 0 Å². The molecule has 76 valence electrons. The summed E-state index contributed by atoms with van der Waals surface area (Å²) in [6, 6.07) is 0. The molecule has 2 N–H and O–H groups in total. The van der Waals surface area contributed by atoms with Crippen LogP contribution >= 0.6 is 0 Å². The smallest absolute Gasteiger partial charge is 0.0384 e. The van der Waals surface area contributed by atoms with E-state index in [2.05, 4.69) is 52.4 Å². The predicted octanol–water partition coefficient (Wildman–Crippen LogP) is 2.44. The molecular formula is C11H22N2. The summed E-state index contributed by atoms with van der Waals surface area (Å²) in [5.74, 6) is 0. The second-order valence-electron chi connectivity index (χ2n) is 5.83. The van der Waals surface area contributed by atoms with Gasteiger partial charge in [0.1, 0.15) is 0 Å². The summed E-state index contributed by atoms with van der Waals surface area (Å²) >= 11 is 0. The Morgan fingerprint density at radius 1 is 0.923 bits per heavy atom. The van der Waals surface area contributed by atoms with Crippen LogP contribution in [-0.2, 0) is 0 Å². The molecule has 0 saturated heterocycles. The molecule has 13 heavy (non-hydrogen) atoms. The molecule has 1 aliphatic rings. The van der Waals surface area contributed by atoms with Crippen LogP contribution in [-0.4, -0.2) is 6.54 Å². The van der Waals surface area contributed by atoms with E-state index in [1.165, 1.54) is 11.3 Å². The minimum atomic E-state index is 0.214. The Kier molecular flexibility index (Phi) is 2.46. The Labute approximate surface area is 81.8 Å². The number of hydrazine groups is 1. The van der Waals surface area contributed by atoms with E-state index in [1.807, 2.05) is 0 Å². The van der Waals surface area contributed by atoms with Gasteiger partial charge in [0.15, 0.2) is 0 Å². The zero-order valence-electron chi connectivity index (χ0n) is 9.71. The fourth-order valence-electron chi connectivity index (χ4n) is 1.67. The Hall–Kier alpha value is -0.500. The van der Waals surface area contributed by atoms with Crippen molar-refractivity contribution in [1.29, 1.82) is 0 Å². The molecule has 1 heterocycles. The van der Waals surface area contributed by atoms with Crippen molar-refractivity contribution in [3.63, 3.8) is 0 Å². The summed E-state index contributed by atoms with van der Waals surface area (Å²) in [5.41, 5.74) is 9.83. The van der Waals surface area contributed by atoms with Crippen molar-refractivity contribution in [2.75, 3.05) is 6.54 Å². The molecule has 2 nitrogen and oxygen atoms in total. The highest BCUT2D eigenvalue weighted by Crippen LogP contribution is 2.36. The van der Waals surface area contributed by atoms with Gasteiger partial charge < -0.3 is 5.43 Å². The Morgan fingerprint density at radius 2 is 1.46 bits per heavy atom. The fraction of sp³-hybridized carbons (Fsp3) is 0.818. The van der Waals surface area contributed by atoms with Gasteiger partial charge in [0.25, 0.3) is 0 Å². The van der Waals surface area contributed by atoms with Crippen LogP contribution in [0, 0.1) is 10.8 Å². The molecule has 0 unspecified atom stereocenters. The lowest BCUT2D eigenvalue weighted by Crippen LogP contribution is -2.29. The second-order valence-corrected chi connectivity index (χ2v) is 5.83. The van der Waals surface area contributed by atoms with E-state index in [0.717, 1.165) is 6.54 Å². The third-order valence-corrected chi connectivity index (χ3v) is 2.44. The van der Waals surface area contributed by atoms with Gasteiger partial charge in [-0.05, 0) is 11.0 Å². The van der Waals surface area contributed by atoms with E-state index in [4.69, 9.17) is 0 Å². The highest BCUT2D eigenvalue weighted by molar-refractivity contribution is 5.27. The SMILES string of the molecule is CC(C)(C)C1=C(C(C)(C)C)NNC1. The van der Waals surface area contributed by atoms with Crippen LogP contribution in [0.1, 0.15) is 41.5 Å². The van der Waals surface area contributed by atoms with Gasteiger partial charge in [-0.15, -0.1) is 0 Å². The molecule has 0 atom stereocenters. The summed E-state index contributed by atoms with van der Waals surface area (Å²) in [5, 5.41) is 0. The van der Waals surface area contributed by atoms with Gasteiger partial charge in [-0.2, -0.15) is 0 Å². The molecule has 0 radical (unpaired) electrons. The van der Waals surface area contributed by atoms with Gasteiger partial charge in [0.05, 0.1) is 0 Å². The maximum atomic E-state index is 3.28. The highest BCUT2D eigenvalue weighted by atomic mass is 15.4. The Morgan fingerprint density at radius 3 is 1.77 bits per heavy atom. The Bertz CT molecular complexity index is 201. The molecule has 0 aromatic carbocycles. The standard InChI is InChI=1S/C11H22N2/c1-10(2,3)8-7-12-13-9(8)11(4,5)6/h12-13H,7H2,1-6H3. The zero-order valence-corrected chi connectivity index (χ0v) is 9.71. The zero-order chi connectivity index (χ0) is 10.3. The van der Waals surface area contributed by atoms with Gasteiger partial charge >= 0.3 is 0 Å². The van der Waals surface area contributed by atoms with Gasteiger partial charge in [0, 0.05) is 17.7 Å². The third kappa shape index (κ3) is 2.25. The molecule has 2 heteroatoms. The van der Waals surface area contributed by atoms with Crippen LogP contribution in [0.5, 0.6) is 0 Å². The van der Waals surface area contributed by atoms with Gasteiger partial charge in [-0.25, -0.2) is 5.43 Å². The molecule has 1 aliphatic heterocycles. The molecule has 0 aliphatic carbocycles. The molecule has 0 bridgehead atoms. The topological polar surface area (TPSA) is 24.1 Å². The largest absolute Gasteiger partial charge is 0.325 e. The van der Waals surface area contributed by atoms with Crippen LogP contribution in [0.3, 0.4) is 0 Å². The number of rotatable bonds is 0. The third-order valence-electron chi connectivity index (χ3n) is 2.44. The normalized spacial score (nSPS) is 19.2. The van der Waals surface area contributed by atoms with E-state index in [1.54, 1.807) is 0 Å². The molecular weight excluding hydrogens is 160 g/mol. The summed E-state index contributed by atoms with van der Waals surface area (Å²) < 4.78 is 0. The van der Waals surface area contributed by atoms with Gasteiger partial charge in [-0.3, -0.25) is 0 Å². The molecule has 1 rings (SSSR count). The van der Waals surface area contributed by atoms with Crippen LogP contribution in [0.2, 0.25) is 0 Å². The van der Waals surface area contributed by atoms with Gasteiger partial charge in [-0.1, -0.05) is 41.5 Å². The van der Waals surface area contributed by atoms with Crippen LogP contribution in [0.15, 0.2) is 11.3 Å². The van der Waals surface area contributed by atoms with E-state index in [9.17, 15) is 0 Å². The first kappa shape index (κ1) is 10.6. The molecule has 0 spiro atoms. The van der Waals surface area contributed by atoms with E-state index in [-0.39, 0.29) is 10.8 Å². The lowest BCUT2D eigenvalue weighted by atomic mass is 9.79. The molecule has 0 saturated carbocycles. The Balaban J connectivity index is 3.04. The van der Waals surface area contributed by atoms with Crippen molar-refractivity contribution >= 4 is 0 Å². The van der Waals surface area contributed by atoms with E-state index >= 15 is 0 Å². The lowest BCUT2D eigenvalue weighted by Gasteiger charge is -2.27. The van der Waals surface area contributed by atoms with Crippen molar-refractivity contribution < 1.29 is 0 Å². The summed E-state index contributed by atoms with van der Waals surface area (Å²) in [7, 11) is 0. The van der Waals surface area contributed by atoms with Crippen LogP contribution in [0.4, 0.5) is 0 Å². The molecule has 0 amide bonds. The number of hydrogen-bond donors (Lipinski definition) is 2. The minimum Gasteiger partial charge on any atom is -0.325 e. The first-order valence-corrected chi connectivity index (χ1v) is 4.96. The van der Waals surface area contributed by atoms with Crippen LogP contribution in [0.25, 0.3) is 0 Å². The fourth-order valence-corrected chi connectivity index (χ4v) is 1.67. The molecule has 0 aromatic rings.